The van der Waals surface area contributed by atoms with E-state index in [4.69, 9.17) is 44.1 Å². The van der Waals surface area contributed by atoms with E-state index in [2.05, 4.69) is 0 Å². The van der Waals surface area contributed by atoms with Crippen LogP contribution in [0.2, 0.25) is 5.02 Å². The lowest BCUT2D eigenvalue weighted by Crippen LogP contribution is -2.67. The summed E-state index contributed by atoms with van der Waals surface area (Å²) in [7, 11) is -2.79. The predicted octanol–water partition coefficient (Wildman–Crippen LogP) is 7.78. The van der Waals surface area contributed by atoms with Crippen LogP contribution in [0.25, 0.3) is 0 Å². The Morgan fingerprint density at radius 2 is 1.37 bits per heavy atom. The van der Waals surface area contributed by atoms with Crippen LogP contribution >= 0.6 is 11.6 Å². The van der Waals surface area contributed by atoms with Crippen molar-refractivity contribution in [2.45, 2.75) is 55.9 Å². The van der Waals surface area contributed by atoms with Gasteiger partial charge in [0.1, 0.15) is 23.9 Å². The Morgan fingerprint density at radius 3 is 1.96 bits per heavy atom. The maximum absolute atomic E-state index is 15.0. The summed E-state index contributed by atoms with van der Waals surface area (Å²) < 4.78 is 75.7. The van der Waals surface area contributed by atoms with Gasteiger partial charge in [0.05, 0.1) is 44.2 Å². The van der Waals surface area contributed by atoms with Crippen LogP contribution in [0.3, 0.4) is 0 Å². The summed E-state index contributed by atoms with van der Waals surface area (Å²) >= 11 is 6.75. The second-order valence-electron chi connectivity index (χ2n) is 12.8. The Morgan fingerprint density at radius 1 is 0.765 bits per heavy atom. The molecule has 2 aliphatic heterocycles. The van der Waals surface area contributed by atoms with E-state index in [-0.39, 0.29) is 38.6 Å². The molecule has 0 saturated carbocycles. The Kier molecular flexibility index (Phi) is 9.69. The number of fused-ring (bicyclic) bond motifs is 2. The van der Waals surface area contributed by atoms with Crippen LogP contribution < -0.4 is 4.74 Å². The van der Waals surface area contributed by atoms with Crippen LogP contribution in [-0.2, 0) is 55.7 Å². The summed E-state index contributed by atoms with van der Waals surface area (Å²) in [6.07, 6.45) is -2.37. The number of hydrogen-bond acceptors (Lipinski definition) is 7. The molecular weight excluding hydrogens is 671 g/mol. The number of benzene rings is 5. The van der Waals surface area contributed by atoms with Crippen molar-refractivity contribution in [2.75, 3.05) is 20.3 Å². The molecule has 7 rings (SSSR count). The zero-order valence-corrected chi connectivity index (χ0v) is 28.5. The highest BCUT2D eigenvalue weighted by Gasteiger charge is 2.69. The zero-order valence-electron chi connectivity index (χ0n) is 30.8. The third kappa shape index (κ3) is 7.45. The normalized spacial score (nSPS) is 25.2. The van der Waals surface area contributed by atoms with Gasteiger partial charge in [0.15, 0.2) is 11.6 Å². The lowest BCUT2D eigenvalue weighted by Gasteiger charge is -2.50. The average molecular weight is 714 g/mol. The van der Waals surface area contributed by atoms with Crippen molar-refractivity contribution in [1.82, 2.24) is 0 Å². The third-order valence-corrected chi connectivity index (χ3v) is 9.79. The lowest BCUT2D eigenvalue weighted by molar-refractivity contribution is -0.353. The molecule has 1 N–H and O–H groups in total. The first-order chi connectivity index (χ1) is 26.1. The minimum Gasteiger partial charge on any atom is -0.494 e. The zero-order chi connectivity index (χ0) is 37.8. The van der Waals surface area contributed by atoms with Gasteiger partial charge in [-0.1, -0.05) is 115 Å². The molecular formula is C42H40ClFO7. The summed E-state index contributed by atoms with van der Waals surface area (Å²) in [6.45, 7) is 0.159. The van der Waals surface area contributed by atoms with E-state index in [0.29, 0.717) is 21.7 Å². The van der Waals surface area contributed by atoms with E-state index in [0.717, 1.165) is 16.7 Å². The monoisotopic (exact) mass is 713 g/mol. The van der Waals surface area contributed by atoms with E-state index in [9.17, 15) is 9.50 Å². The molecule has 7 nitrogen and oxygen atoms in total. The summed E-state index contributed by atoms with van der Waals surface area (Å²) in [4.78, 5) is 0. The highest BCUT2D eigenvalue weighted by Crippen LogP contribution is 2.53. The Balaban J connectivity index is 1.28. The van der Waals surface area contributed by atoms with Gasteiger partial charge in [-0.3, -0.25) is 0 Å². The van der Waals surface area contributed by atoms with Gasteiger partial charge in [0.2, 0.25) is 5.79 Å². The van der Waals surface area contributed by atoms with Crippen LogP contribution in [0.4, 0.5) is 4.39 Å². The molecule has 0 radical (unpaired) electrons. The lowest BCUT2D eigenvalue weighted by atomic mass is 9.83. The Hall–Kier alpha value is -4.12. The molecule has 5 atom stereocenters. The van der Waals surface area contributed by atoms with Crippen molar-refractivity contribution in [2.24, 2.45) is 0 Å². The quantitative estimate of drug-likeness (QED) is 0.126. The van der Waals surface area contributed by atoms with E-state index >= 15 is 0 Å². The molecule has 2 fully saturated rings. The average Bonchev–Trinajstić information content (AvgIpc) is 3.53. The molecule has 0 spiro atoms. The Bertz CT molecular complexity index is 2010. The van der Waals surface area contributed by atoms with Gasteiger partial charge in [-0.15, -0.1) is 0 Å². The van der Waals surface area contributed by atoms with Crippen molar-refractivity contribution in [3.05, 3.63) is 172 Å². The molecule has 0 aliphatic carbocycles. The van der Waals surface area contributed by atoms with Crippen LogP contribution in [0.15, 0.2) is 127 Å². The summed E-state index contributed by atoms with van der Waals surface area (Å²) in [6, 6.07) is 38.6. The SMILES string of the molecule is [2H]C([2H])([2H])Oc1ccc(Cc2cc(C34OC[C@](CO)(O3)[C@@H](OCc3ccccc3)[C@H](OCc3ccccc3)[C@H]4OCc3ccccc3)ccc2Cl)cc1F. The number of methoxy groups -OCH3 is 1. The maximum atomic E-state index is 15.0. The molecule has 51 heavy (non-hydrogen) atoms. The van der Waals surface area contributed by atoms with Crippen LogP contribution in [0, 0.1) is 5.82 Å². The molecule has 1 unspecified atom stereocenters. The molecule has 5 aromatic carbocycles. The largest absolute Gasteiger partial charge is 0.494 e. The van der Waals surface area contributed by atoms with E-state index < -0.39 is 49.2 Å². The molecule has 2 saturated heterocycles. The van der Waals surface area contributed by atoms with Gasteiger partial charge in [0, 0.05) is 10.6 Å². The smallest absolute Gasteiger partial charge is 0.225 e. The van der Waals surface area contributed by atoms with Gasteiger partial charge in [-0.05, 0) is 58.5 Å². The number of ether oxygens (including phenoxy) is 6. The van der Waals surface area contributed by atoms with E-state index in [1.807, 2.05) is 97.1 Å². The first kappa shape index (κ1) is 31.6. The number of aliphatic hydroxyl groups is 1. The molecule has 2 bridgehead atoms. The van der Waals surface area contributed by atoms with Crippen molar-refractivity contribution < 1.29 is 42.0 Å². The number of halogens is 2. The first-order valence-corrected chi connectivity index (χ1v) is 17.1. The fraction of sp³-hybridized carbons (Fsp3) is 0.286. The van der Waals surface area contributed by atoms with Crippen LogP contribution in [0.1, 0.15) is 37.5 Å². The predicted molar refractivity (Wildman–Crippen MR) is 191 cm³/mol. The molecule has 2 aliphatic rings. The maximum Gasteiger partial charge on any atom is 0.225 e. The fourth-order valence-electron chi connectivity index (χ4n) is 6.82. The van der Waals surface area contributed by atoms with E-state index in [1.54, 1.807) is 18.2 Å². The molecule has 0 aromatic heterocycles. The minimum atomic E-state index is -2.79. The number of rotatable bonds is 14. The van der Waals surface area contributed by atoms with E-state index in [1.165, 1.54) is 12.1 Å². The van der Waals surface area contributed by atoms with Crippen molar-refractivity contribution in [3.8, 4) is 5.75 Å². The first-order valence-electron chi connectivity index (χ1n) is 18.3. The van der Waals surface area contributed by atoms with Crippen molar-refractivity contribution in [3.63, 3.8) is 0 Å². The van der Waals surface area contributed by atoms with Crippen LogP contribution in [0.5, 0.6) is 5.75 Å². The molecule has 5 aromatic rings. The number of aliphatic hydroxyl groups excluding tert-OH is 1. The van der Waals surface area contributed by atoms with Crippen LogP contribution in [-0.4, -0.2) is 49.3 Å². The van der Waals surface area contributed by atoms with Gasteiger partial charge < -0.3 is 33.5 Å². The highest BCUT2D eigenvalue weighted by atomic mass is 35.5. The molecule has 9 heteroatoms. The van der Waals surface area contributed by atoms with Crippen molar-refractivity contribution in [1.29, 1.82) is 0 Å². The van der Waals surface area contributed by atoms with Gasteiger partial charge in [-0.2, -0.15) is 0 Å². The highest BCUT2D eigenvalue weighted by molar-refractivity contribution is 6.31. The standard InChI is InChI=1S/C42H40ClFO7/c1-46-37-20-17-32(22-36(37)44)21-33-23-34(18-19-35(33)43)42-40(49-26-31-15-9-4-10-16-31)38(47-24-29-11-5-2-6-12-29)39(41(27-45,51-42)28-50-42)48-25-30-13-7-3-8-14-30/h2-20,22-23,38-40,45H,21,24-28H2,1H3/t38-,39-,40+,41-,42?/m0/s1/i1D3. The summed E-state index contributed by atoms with van der Waals surface area (Å²) in [5.41, 5.74) is 3.13. The summed E-state index contributed by atoms with van der Waals surface area (Å²) in [5, 5.41) is 11.5. The van der Waals surface area contributed by atoms with Crippen molar-refractivity contribution >= 4 is 11.6 Å². The van der Waals surface area contributed by atoms with Gasteiger partial charge >= 0.3 is 0 Å². The van der Waals surface area contributed by atoms with Gasteiger partial charge in [-0.25, -0.2) is 4.39 Å². The number of hydrogen-bond donors (Lipinski definition) is 1. The fourth-order valence-corrected chi connectivity index (χ4v) is 7.00. The second kappa shape index (κ2) is 15.6. The second-order valence-corrected chi connectivity index (χ2v) is 13.2. The molecule has 0 amide bonds. The minimum absolute atomic E-state index is 0.0343. The third-order valence-electron chi connectivity index (χ3n) is 9.42. The summed E-state index contributed by atoms with van der Waals surface area (Å²) in [5.74, 6) is -2.78. The topological polar surface area (TPSA) is 75.6 Å². The molecule has 2 heterocycles. The van der Waals surface area contributed by atoms with Gasteiger partial charge in [0.25, 0.3) is 0 Å². The molecule has 264 valence electrons. The Labute approximate surface area is 306 Å².